The first kappa shape index (κ1) is 20.4. The van der Waals surface area contributed by atoms with Gasteiger partial charge in [-0.1, -0.05) is 12.7 Å². The Morgan fingerprint density at radius 3 is 2.79 bits per heavy atom. The van der Waals surface area contributed by atoms with Crippen molar-refractivity contribution in [3.8, 4) is 11.5 Å². The average Bonchev–Trinajstić information content (AvgIpc) is 3.06. The smallest absolute Gasteiger partial charge is 0.333 e. The summed E-state index contributed by atoms with van der Waals surface area (Å²) in [5, 5.41) is 21.4. The predicted molar refractivity (Wildman–Crippen MR) is 110 cm³/mol. The summed E-state index contributed by atoms with van der Waals surface area (Å²) in [7, 11) is 0. The van der Waals surface area contributed by atoms with E-state index in [1.807, 2.05) is 0 Å². The van der Waals surface area contributed by atoms with E-state index in [1.165, 1.54) is 11.3 Å². The molecule has 2 N–H and O–H groups in total. The van der Waals surface area contributed by atoms with Crippen LogP contribution < -0.4 is 4.74 Å². The van der Waals surface area contributed by atoms with Gasteiger partial charge in [0.2, 0.25) is 0 Å². The summed E-state index contributed by atoms with van der Waals surface area (Å²) in [6.45, 7) is 12.6. The molecule has 1 aliphatic rings. The fourth-order valence-corrected chi connectivity index (χ4v) is 4.10. The van der Waals surface area contributed by atoms with Gasteiger partial charge in [0.1, 0.15) is 12.2 Å². The van der Waals surface area contributed by atoms with Crippen LogP contribution in [-0.2, 0) is 9.53 Å². The van der Waals surface area contributed by atoms with Crippen LogP contribution in [0.15, 0.2) is 23.7 Å². The number of fused-ring (bicyclic) bond motifs is 3. The number of phenolic OH excluding ortho intramolecular Hbond substituents is 1. The van der Waals surface area contributed by atoms with Crippen molar-refractivity contribution in [3.05, 3.63) is 34.9 Å². The number of aromatic nitrogens is 1. The van der Waals surface area contributed by atoms with Crippen molar-refractivity contribution in [1.82, 2.24) is 4.98 Å². The normalized spacial score (nSPS) is 20.5. The summed E-state index contributed by atoms with van der Waals surface area (Å²) >= 11 is 1.40. The highest BCUT2D eigenvalue weighted by Crippen LogP contribution is 2.49. The van der Waals surface area contributed by atoms with Gasteiger partial charge < -0.3 is 19.7 Å². The van der Waals surface area contributed by atoms with E-state index in [2.05, 4.69) is 11.6 Å². The molecule has 6 nitrogen and oxygen atoms in total. The van der Waals surface area contributed by atoms with E-state index in [9.17, 15) is 15.0 Å². The van der Waals surface area contributed by atoms with Crippen LogP contribution in [-0.4, -0.2) is 39.0 Å². The van der Waals surface area contributed by atoms with E-state index in [-0.39, 0.29) is 17.9 Å². The van der Waals surface area contributed by atoms with E-state index in [4.69, 9.17) is 9.47 Å². The number of thiazole rings is 1. The van der Waals surface area contributed by atoms with Gasteiger partial charge in [0.25, 0.3) is 0 Å². The molecule has 2 unspecified atom stereocenters. The van der Waals surface area contributed by atoms with E-state index in [0.717, 1.165) is 4.70 Å². The molecule has 0 aliphatic carbocycles. The Kier molecular flexibility index (Phi) is 5.25. The second-order valence-corrected chi connectivity index (χ2v) is 8.45. The minimum atomic E-state index is -1.23. The third-order valence-corrected chi connectivity index (χ3v) is 5.98. The molecule has 0 saturated heterocycles. The number of aliphatic hydroxyl groups is 1. The Hall–Kier alpha value is -2.38. The minimum Gasteiger partial charge on any atom is -0.504 e. The molecule has 0 radical (unpaired) electrons. The molecule has 2 atom stereocenters. The number of esters is 1. The molecular weight excluding hydrogens is 378 g/mol. The Labute approximate surface area is 168 Å². The van der Waals surface area contributed by atoms with Gasteiger partial charge in [-0.2, -0.15) is 0 Å². The molecule has 2 heterocycles. The SMILES string of the molecule is C=C1c2c(c(O)c(C)c3ncsc23)OC(C(C)(C)O)CC1OC(=O)C(C)=CC. The summed E-state index contributed by atoms with van der Waals surface area (Å²) in [5.74, 6) is -0.253. The summed E-state index contributed by atoms with van der Waals surface area (Å²) in [6.07, 6.45) is 0.451. The number of aryl methyl sites for hydroxylation is 1. The highest BCUT2D eigenvalue weighted by Gasteiger charge is 2.40. The maximum Gasteiger partial charge on any atom is 0.333 e. The Morgan fingerprint density at radius 2 is 2.18 bits per heavy atom. The van der Waals surface area contributed by atoms with Crippen LogP contribution in [0.3, 0.4) is 0 Å². The number of aromatic hydroxyl groups is 1. The van der Waals surface area contributed by atoms with Gasteiger partial charge in [-0.05, 0) is 40.2 Å². The number of benzene rings is 1. The Morgan fingerprint density at radius 1 is 1.50 bits per heavy atom. The molecule has 2 aromatic rings. The van der Waals surface area contributed by atoms with E-state index < -0.39 is 23.8 Å². The highest BCUT2D eigenvalue weighted by molar-refractivity contribution is 7.17. The molecule has 1 aliphatic heterocycles. The van der Waals surface area contributed by atoms with Crippen LogP contribution in [0, 0.1) is 6.92 Å². The fraction of sp³-hybridized carbons (Fsp3) is 0.429. The van der Waals surface area contributed by atoms with Gasteiger partial charge in [-0.15, -0.1) is 11.3 Å². The summed E-state index contributed by atoms with van der Waals surface area (Å²) in [5.41, 5.74) is 3.28. The number of allylic oxidation sites excluding steroid dienone is 1. The lowest BCUT2D eigenvalue weighted by Crippen LogP contribution is -2.42. The Bertz CT molecular complexity index is 983. The van der Waals surface area contributed by atoms with E-state index in [0.29, 0.717) is 27.8 Å². The lowest BCUT2D eigenvalue weighted by atomic mass is 9.92. The van der Waals surface area contributed by atoms with Gasteiger partial charge in [0.05, 0.1) is 21.3 Å². The van der Waals surface area contributed by atoms with Gasteiger partial charge in [0, 0.05) is 23.1 Å². The zero-order chi connectivity index (χ0) is 20.8. The third kappa shape index (κ3) is 3.40. The molecule has 0 fully saturated rings. The molecule has 0 saturated carbocycles. The monoisotopic (exact) mass is 403 g/mol. The number of rotatable bonds is 3. The predicted octanol–water partition coefficient (Wildman–Crippen LogP) is 4.12. The van der Waals surface area contributed by atoms with Crippen LogP contribution in [0.25, 0.3) is 15.8 Å². The minimum absolute atomic E-state index is 0.0413. The van der Waals surface area contributed by atoms with Crippen molar-refractivity contribution in [2.24, 2.45) is 0 Å². The molecular formula is C21H25NO5S. The maximum atomic E-state index is 12.4. The van der Waals surface area contributed by atoms with E-state index in [1.54, 1.807) is 46.2 Å². The van der Waals surface area contributed by atoms with Gasteiger partial charge in [-0.3, -0.25) is 0 Å². The summed E-state index contributed by atoms with van der Waals surface area (Å²) in [6, 6.07) is 0. The number of carbonyl (C=O) groups is 1. The van der Waals surface area contributed by atoms with Crippen molar-refractivity contribution in [1.29, 1.82) is 0 Å². The molecule has 1 aromatic heterocycles. The highest BCUT2D eigenvalue weighted by atomic mass is 32.1. The molecule has 150 valence electrons. The maximum absolute atomic E-state index is 12.4. The first-order valence-corrected chi connectivity index (χ1v) is 9.95. The molecule has 0 amide bonds. The summed E-state index contributed by atoms with van der Waals surface area (Å²) < 4.78 is 12.6. The lowest BCUT2D eigenvalue weighted by molar-refractivity contribution is -0.143. The number of hydrogen-bond acceptors (Lipinski definition) is 7. The molecule has 28 heavy (non-hydrogen) atoms. The van der Waals surface area contributed by atoms with Crippen molar-refractivity contribution in [3.63, 3.8) is 0 Å². The second-order valence-electron chi connectivity index (χ2n) is 7.59. The lowest BCUT2D eigenvalue weighted by Gasteiger charge is -2.30. The number of hydrogen-bond donors (Lipinski definition) is 2. The quantitative estimate of drug-likeness (QED) is 0.592. The van der Waals surface area contributed by atoms with Crippen molar-refractivity contribution in [2.45, 2.75) is 58.8 Å². The average molecular weight is 404 g/mol. The zero-order valence-electron chi connectivity index (χ0n) is 16.7. The number of phenols is 1. The molecule has 0 spiro atoms. The number of carbonyl (C=O) groups excluding carboxylic acids is 1. The first-order valence-electron chi connectivity index (χ1n) is 9.07. The largest absolute Gasteiger partial charge is 0.504 e. The number of ether oxygens (including phenoxy) is 2. The van der Waals surface area contributed by atoms with Crippen LogP contribution in [0.2, 0.25) is 0 Å². The van der Waals surface area contributed by atoms with Gasteiger partial charge >= 0.3 is 5.97 Å². The van der Waals surface area contributed by atoms with Crippen LogP contribution >= 0.6 is 11.3 Å². The molecule has 1 aromatic carbocycles. The standard InChI is InChI=1S/C21H25NO5S/c1-7-10(2)20(24)26-13-8-14(21(5,6)25)27-18-15(11(13)3)19-16(22-9-28-19)12(4)17(18)23/h7,9,13-14,23,25H,3,8H2,1-2,4-6H3. The van der Waals surface area contributed by atoms with Gasteiger partial charge in [-0.25, -0.2) is 9.78 Å². The van der Waals surface area contributed by atoms with E-state index >= 15 is 0 Å². The summed E-state index contributed by atoms with van der Waals surface area (Å²) in [4.78, 5) is 16.8. The fourth-order valence-electron chi connectivity index (χ4n) is 3.18. The Balaban J connectivity index is 2.20. The zero-order valence-corrected chi connectivity index (χ0v) is 17.5. The molecule has 0 bridgehead atoms. The van der Waals surface area contributed by atoms with Crippen molar-refractivity contribution < 1.29 is 24.5 Å². The molecule has 3 rings (SSSR count). The third-order valence-electron chi connectivity index (χ3n) is 5.14. The second kappa shape index (κ2) is 7.22. The van der Waals surface area contributed by atoms with Crippen molar-refractivity contribution in [2.75, 3.05) is 0 Å². The molecule has 7 heteroatoms. The van der Waals surface area contributed by atoms with Crippen LogP contribution in [0.4, 0.5) is 0 Å². The van der Waals surface area contributed by atoms with Crippen LogP contribution in [0.1, 0.15) is 45.2 Å². The first-order chi connectivity index (χ1) is 13.1. The topological polar surface area (TPSA) is 88.9 Å². The van der Waals surface area contributed by atoms with Gasteiger partial charge in [0.15, 0.2) is 11.5 Å². The number of nitrogens with zero attached hydrogens (tertiary/aromatic N) is 1. The van der Waals surface area contributed by atoms with Crippen molar-refractivity contribution >= 4 is 33.1 Å². The van der Waals surface area contributed by atoms with Crippen LogP contribution in [0.5, 0.6) is 11.5 Å².